The van der Waals surface area contributed by atoms with E-state index in [1.165, 1.54) is 5.06 Å². The highest BCUT2D eigenvalue weighted by Crippen LogP contribution is 2.43. The van der Waals surface area contributed by atoms with Gasteiger partial charge in [-0.05, 0) is 39.5 Å². The Bertz CT molecular complexity index is 161. The van der Waals surface area contributed by atoms with Crippen LogP contribution in [0.25, 0.3) is 0 Å². The van der Waals surface area contributed by atoms with Gasteiger partial charge in [0.1, 0.15) is 0 Å². The van der Waals surface area contributed by atoms with Crippen LogP contribution in [0.2, 0.25) is 0 Å². The van der Waals surface area contributed by atoms with Crippen molar-refractivity contribution in [3.63, 3.8) is 0 Å². The molecule has 0 aromatic heterocycles. The van der Waals surface area contributed by atoms with Crippen LogP contribution in [-0.2, 0) is 5.21 Å². The molecule has 0 unspecified atom stereocenters. The lowest BCUT2D eigenvalue weighted by atomic mass is 9.91. The molecule has 0 N–H and O–H groups in total. The summed E-state index contributed by atoms with van der Waals surface area (Å²) in [6, 6.07) is 0. The second-order valence-corrected chi connectivity index (χ2v) is 4.54. The van der Waals surface area contributed by atoms with E-state index in [2.05, 4.69) is 13.8 Å². The minimum Gasteiger partial charge on any atom is -0.143 e. The van der Waals surface area contributed by atoms with Gasteiger partial charge in [-0.3, -0.25) is 0 Å². The molecule has 1 heterocycles. The lowest BCUT2D eigenvalue weighted by molar-refractivity contribution is -0.254. The molecule has 1 rings (SSSR count). The predicted molar refractivity (Wildman–Crippen MR) is 49.2 cm³/mol. The van der Waals surface area contributed by atoms with Gasteiger partial charge in [0, 0.05) is 11.1 Å². The first-order valence-corrected chi connectivity index (χ1v) is 4.96. The molecule has 0 aromatic rings. The summed E-state index contributed by atoms with van der Waals surface area (Å²) in [5.41, 5.74) is -0.185. The number of hydroxylamine groups is 2. The van der Waals surface area contributed by atoms with Crippen LogP contribution in [-0.4, -0.2) is 16.1 Å². The van der Waals surface area contributed by atoms with E-state index in [0.29, 0.717) is 0 Å². The highest BCUT2D eigenvalue weighted by Gasteiger charge is 2.48. The average molecular weight is 170 g/mol. The molecule has 1 saturated heterocycles. The summed E-state index contributed by atoms with van der Waals surface area (Å²) >= 11 is 0. The van der Waals surface area contributed by atoms with E-state index in [1.54, 1.807) is 0 Å². The zero-order chi connectivity index (χ0) is 9.41. The van der Waals surface area contributed by atoms with E-state index in [-0.39, 0.29) is 11.1 Å². The number of hydrogen-bond donors (Lipinski definition) is 0. The van der Waals surface area contributed by atoms with Crippen LogP contribution in [0.5, 0.6) is 0 Å². The van der Waals surface area contributed by atoms with E-state index < -0.39 is 0 Å². The van der Waals surface area contributed by atoms with Crippen LogP contribution in [0.1, 0.15) is 53.4 Å². The third-order valence-electron chi connectivity index (χ3n) is 3.50. The molecule has 1 aliphatic heterocycles. The Labute approximate surface area is 75.5 Å². The van der Waals surface area contributed by atoms with Crippen molar-refractivity contribution in [1.82, 2.24) is 5.06 Å². The maximum Gasteiger partial charge on any atom is 0.0495 e. The zero-order valence-electron chi connectivity index (χ0n) is 8.68. The lowest BCUT2D eigenvalue weighted by Gasteiger charge is -2.36. The zero-order valence-corrected chi connectivity index (χ0v) is 8.68. The summed E-state index contributed by atoms with van der Waals surface area (Å²) < 4.78 is 0. The molecule has 0 spiro atoms. The molecular weight excluding hydrogens is 150 g/mol. The van der Waals surface area contributed by atoms with Gasteiger partial charge in [0.25, 0.3) is 0 Å². The third-order valence-corrected chi connectivity index (χ3v) is 3.50. The van der Waals surface area contributed by atoms with Gasteiger partial charge in [-0.25, -0.2) is 0 Å². The monoisotopic (exact) mass is 170 g/mol. The fourth-order valence-electron chi connectivity index (χ4n) is 2.27. The Balaban J connectivity index is 2.83. The maximum absolute atomic E-state index is 11.9. The topological polar surface area (TPSA) is 23.1 Å². The smallest absolute Gasteiger partial charge is 0.0495 e. The van der Waals surface area contributed by atoms with E-state index in [1.807, 2.05) is 13.8 Å². The highest BCUT2D eigenvalue weighted by molar-refractivity contribution is 4.99. The Hall–Kier alpha value is -0.0800. The molecule has 0 aliphatic carbocycles. The van der Waals surface area contributed by atoms with Gasteiger partial charge in [0.2, 0.25) is 0 Å². The first kappa shape index (κ1) is 10.0. The van der Waals surface area contributed by atoms with E-state index in [9.17, 15) is 5.21 Å². The Kier molecular flexibility index (Phi) is 2.50. The average Bonchev–Trinajstić information content (AvgIpc) is 2.27. The second kappa shape index (κ2) is 3.00. The minimum atomic E-state index is -0.133. The first-order chi connectivity index (χ1) is 5.48. The molecular formula is C10H20NO. The van der Waals surface area contributed by atoms with E-state index >= 15 is 0 Å². The van der Waals surface area contributed by atoms with Gasteiger partial charge < -0.3 is 0 Å². The fraction of sp³-hybridized carbons (Fsp3) is 1.00. The number of hydrogen-bond acceptors (Lipinski definition) is 1. The summed E-state index contributed by atoms with van der Waals surface area (Å²) in [6.07, 6.45) is 4.07. The molecule has 71 valence electrons. The Morgan fingerprint density at radius 2 is 1.67 bits per heavy atom. The largest absolute Gasteiger partial charge is 0.143 e. The minimum absolute atomic E-state index is 0.0521. The SMILES string of the molecule is CCC1(CC)CCC(C)(C)N1[O]. The molecule has 0 saturated carbocycles. The van der Waals surface area contributed by atoms with Crippen LogP contribution in [0.4, 0.5) is 0 Å². The van der Waals surface area contributed by atoms with Crippen LogP contribution >= 0.6 is 0 Å². The molecule has 12 heavy (non-hydrogen) atoms. The molecule has 2 heteroatoms. The van der Waals surface area contributed by atoms with E-state index in [0.717, 1.165) is 25.7 Å². The standard InChI is InChI=1S/C10H20NO/c1-5-10(6-2)8-7-9(3,4)11(10)12/h5-8H2,1-4H3. The number of nitrogens with zero attached hydrogens (tertiary/aromatic N) is 1. The normalized spacial score (nSPS) is 27.8. The molecule has 1 aliphatic rings. The fourth-order valence-corrected chi connectivity index (χ4v) is 2.27. The molecule has 1 radical (unpaired) electrons. The predicted octanol–water partition coefficient (Wildman–Crippen LogP) is 2.77. The molecule has 2 nitrogen and oxygen atoms in total. The van der Waals surface area contributed by atoms with Crippen LogP contribution in [0.3, 0.4) is 0 Å². The van der Waals surface area contributed by atoms with Gasteiger partial charge in [-0.2, -0.15) is 0 Å². The molecule has 0 bridgehead atoms. The molecule has 0 aromatic carbocycles. The summed E-state index contributed by atoms with van der Waals surface area (Å²) in [7, 11) is 0. The van der Waals surface area contributed by atoms with Gasteiger partial charge in [0.05, 0.1) is 0 Å². The summed E-state index contributed by atoms with van der Waals surface area (Å²) in [6.45, 7) is 8.34. The van der Waals surface area contributed by atoms with Crippen LogP contribution in [0, 0.1) is 0 Å². The number of rotatable bonds is 2. The van der Waals surface area contributed by atoms with Gasteiger partial charge in [-0.1, -0.05) is 13.8 Å². The third kappa shape index (κ3) is 1.27. The highest BCUT2D eigenvalue weighted by atomic mass is 16.5. The van der Waals surface area contributed by atoms with Crippen LogP contribution in [0.15, 0.2) is 0 Å². The van der Waals surface area contributed by atoms with Crippen molar-refractivity contribution >= 4 is 0 Å². The van der Waals surface area contributed by atoms with Gasteiger partial charge in [0.15, 0.2) is 0 Å². The summed E-state index contributed by atoms with van der Waals surface area (Å²) in [5.74, 6) is 0. The maximum atomic E-state index is 11.9. The van der Waals surface area contributed by atoms with E-state index in [4.69, 9.17) is 0 Å². The Morgan fingerprint density at radius 3 is 1.83 bits per heavy atom. The van der Waals surface area contributed by atoms with Crippen molar-refractivity contribution in [1.29, 1.82) is 0 Å². The van der Waals surface area contributed by atoms with Crippen molar-refractivity contribution in [2.75, 3.05) is 0 Å². The second-order valence-electron chi connectivity index (χ2n) is 4.54. The molecule has 0 atom stereocenters. The van der Waals surface area contributed by atoms with Gasteiger partial charge >= 0.3 is 0 Å². The molecule has 1 fully saturated rings. The van der Waals surface area contributed by atoms with Crippen molar-refractivity contribution < 1.29 is 5.21 Å². The molecule has 0 amide bonds. The first-order valence-electron chi connectivity index (χ1n) is 4.96. The van der Waals surface area contributed by atoms with Crippen molar-refractivity contribution in [2.24, 2.45) is 0 Å². The lowest BCUT2D eigenvalue weighted by Crippen LogP contribution is -2.47. The Morgan fingerprint density at radius 1 is 1.17 bits per heavy atom. The quantitative estimate of drug-likeness (QED) is 0.625. The van der Waals surface area contributed by atoms with Crippen LogP contribution < -0.4 is 0 Å². The summed E-state index contributed by atoms with van der Waals surface area (Å²) in [5, 5.41) is 13.3. The van der Waals surface area contributed by atoms with Crippen molar-refractivity contribution in [3.05, 3.63) is 0 Å². The van der Waals surface area contributed by atoms with Gasteiger partial charge in [-0.15, -0.1) is 10.3 Å². The van der Waals surface area contributed by atoms with Crippen molar-refractivity contribution in [2.45, 2.75) is 64.5 Å². The summed E-state index contributed by atoms with van der Waals surface area (Å²) in [4.78, 5) is 0. The van der Waals surface area contributed by atoms with Crippen molar-refractivity contribution in [3.8, 4) is 0 Å².